The highest BCUT2D eigenvalue weighted by Gasteiger charge is 2.11. The fourth-order valence-corrected chi connectivity index (χ4v) is 2.54. The molecule has 0 saturated heterocycles. The molecule has 0 radical (unpaired) electrons. The van der Waals surface area contributed by atoms with Crippen molar-refractivity contribution in [3.05, 3.63) is 101 Å². The van der Waals surface area contributed by atoms with Crippen molar-refractivity contribution in [3.63, 3.8) is 0 Å². The highest BCUT2D eigenvalue weighted by atomic mass is 19.2. The molecule has 28 heavy (non-hydrogen) atoms. The Labute approximate surface area is 162 Å². The molecule has 1 N–H and O–H groups in total. The van der Waals surface area contributed by atoms with E-state index < -0.39 is 11.6 Å². The summed E-state index contributed by atoms with van der Waals surface area (Å²) < 4.78 is 26.3. The van der Waals surface area contributed by atoms with Crippen LogP contribution < -0.4 is 5.32 Å². The Hall–Kier alpha value is -3.65. The van der Waals surface area contributed by atoms with Crippen LogP contribution in [0.25, 0.3) is 0 Å². The van der Waals surface area contributed by atoms with Crippen LogP contribution in [0.1, 0.15) is 16.7 Å². The van der Waals surface area contributed by atoms with Gasteiger partial charge in [-0.15, -0.1) is 0 Å². The number of benzene rings is 3. The van der Waals surface area contributed by atoms with E-state index in [1.165, 1.54) is 11.0 Å². The average molecular weight is 376 g/mol. The lowest BCUT2D eigenvalue weighted by molar-refractivity contribution is 0.220. The summed E-state index contributed by atoms with van der Waals surface area (Å²) in [5, 5.41) is 2.78. The molecule has 5 heteroatoms. The van der Waals surface area contributed by atoms with E-state index in [0.29, 0.717) is 11.3 Å². The molecule has 3 aromatic carbocycles. The van der Waals surface area contributed by atoms with Gasteiger partial charge in [0, 0.05) is 30.4 Å². The zero-order chi connectivity index (χ0) is 19.9. The maximum Gasteiger partial charge on any atom is 0.321 e. The average Bonchev–Trinajstić information content (AvgIpc) is 2.70. The second-order valence-corrected chi connectivity index (χ2v) is 6.23. The van der Waals surface area contributed by atoms with E-state index in [2.05, 4.69) is 17.2 Å². The third-order valence-corrected chi connectivity index (χ3v) is 3.99. The van der Waals surface area contributed by atoms with Crippen molar-refractivity contribution in [1.29, 1.82) is 0 Å². The van der Waals surface area contributed by atoms with Crippen LogP contribution in [0.5, 0.6) is 0 Å². The van der Waals surface area contributed by atoms with E-state index in [1.54, 1.807) is 25.2 Å². The largest absolute Gasteiger partial charge is 0.323 e. The SMILES string of the molecule is CN(Cc1ccc(F)c(F)c1)C(=O)Nc1cccc(C#Cc2ccccc2)c1. The van der Waals surface area contributed by atoms with Crippen molar-refractivity contribution in [2.24, 2.45) is 0 Å². The number of urea groups is 1. The summed E-state index contributed by atoms with van der Waals surface area (Å²) in [6, 6.07) is 20.0. The molecule has 0 heterocycles. The molecule has 0 aliphatic rings. The minimum Gasteiger partial charge on any atom is -0.323 e. The molecule has 3 rings (SSSR count). The summed E-state index contributed by atoms with van der Waals surface area (Å²) in [4.78, 5) is 13.8. The van der Waals surface area contributed by atoms with Crippen LogP contribution in [0.4, 0.5) is 19.3 Å². The predicted molar refractivity (Wildman–Crippen MR) is 106 cm³/mol. The summed E-state index contributed by atoms with van der Waals surface area (Å²) in [5.74, 6) is 4.28. The summed E-state index contributed by atoms with van der Waals surface area (Å²) in [7, 11) is 1.58. The number of nitrogens with zero attached hydrogens (tertiary/aromatic N) is 1. The first-order valence-corrected chi connectivity index (χ1v) is 8.64. The number of halogens is 2. The van der Waals surface area contributed by atoms with Crippen molar-refractivity contribution in [2.45, 2.75) is 6.54 Å². The molecule has 0 atom stereocenters. The van der Waals surface area contributed by atoms with Crippen molar-refractivity contribution in [2.75, 3.05) is 12.4 Å². The van der Waals surface area contributed by atoms with Crippen LogP contribution >= 0.6 is 0 Å². The highest BCUT2D eigenvalue weighted by Crippen LogP contribution is 2.13. The highest BCUT2D eigenvalue weighted by molar-refractivity contribution is 5.89. The van der Waals surface area contributed by atoms with Crippen LogP contribution in [0.2, 0.25) is 0 Å². The number of rotatable bonds is 3. The molecule has 0 spiro atoms. The molecule has 0 aliphatic carbocycles. The van der Waals surface area contributed by atoms with Crippen molar-refractivity contribution in [3.8, 4) is 11.8 Å². The minimum absolute atomic E-state index is 0.149. The Morgan fingerprint density at radius 2 is 1.61 bits per heavy atom. The maximum atomic E-state index is 13.3. The first kappa shape index (κ1) is 19.1. The van der Waals surface area contributed by atoms with Gasteiger partial charge in [-0.2, -0.15) is 0 Å². The summed E-state index contributed by atoms with van der Waals surface area (Å²) in [6.07, 6.45) is 0. The van der Waals surface area contributed by atoms with Crippen molar-refractivity contribution >= 4 is 11.7 Å². The normalized spacial score (nSPS) is 9.96. The fourth-order valence-electron chi connectivity index (χ4n) is 2.54. The lowest BCUT2D eigenvalue weighted by Crippen LogP contribution is -2.30. The smallest absolute Gasteiger partial charge is 0.321 e. The number of anilines is 1. The molecule has 140 valence electrons. The Morgan fingerprint density at radius 3 is 2.36 bits per heavy atom. The van der Waals surface area contributed by atoms with E-state index in [-0.39, 0.29) is 12.6 Å². The molecule has 0 unspecified atom stereocenters. The Kier molecular flexibility index (Phi) is 6.03. The van der Waals surface area contributed by atoms with E-state index in [0.717, 1.165) is 23.3 Å². The van der Waals surface area contributed by atoms with E-state index >= 15 is 0 Å². The van der Waals surface area contributed by atoms with Gasteiger partial charge in [0.1, 0.15) is 0 Å². The Balaban J connectivity index is 1.65. The van der Waals surface area contributed by atoms with Gasteiger partial charge < -0.3 is 10.2 Å². The fraction of sp³-hybridized carbons (Fsp3) is 0.0870. The molecule has 0 fully saturated rings. The van der Waals surface area contributed by atoms with E-state index in [9.17, 15) is 13.6 Å². The van der Waals surface area contributed by atoms with E-state index in [1.807, 2.05) is 36.4 Å². The van der Waals surface area contributed by atoms with Crippen LogP contribution in [-0.4, -0.2) is 18.0 Å². The molecular formula is C23H18F2N2O. The third-order valence-electron chi connectivity index (χ3n) is 3.99. The topological polar surface area (TPSA) is 32.3 Å². The van der Waals surface area contributed by atoms with Gasteiger partial charge in [-0.25, -0.2) is 13.6 Å². The molecule has 0 aromatic heterocycles. The van der Waals surface area contributed by atoms with Crippen LogP contribution in [0.15, 0.2) is 72.8 Å². The number of amides is 2. The van der Waals surface area contributed by atoms with Gasteiger partial charge in [0.25, 0.3) is 0 Å². The number of hydrogen-bond donors (Lipinski definition) is 1. The zero-order valence-corrected chi connectivity index (χ0v) is 15.2. The molecule has 3 nitrogen and oxygen atoms in total. The zero-order valence-electron chi connectivity index (χ0n) is 15.2. The summed E-state index contributed by atoms with van der Waals surface area (Å²) in [6.45, 7) is 0.149. The van der Waals surface area contributed by atoms with Gasteiger partial charge in [0.05, 0.1) is 0 Å². The molecule has 3 aromatic rings. The quantitative estimate of drug-likeness (QED) is 0.639. The van der Waals surface area contributed by atoms with Gasteiger partial charge in [-0.1, -0.05) is 42.2 Å². The number of carbonyl (C=O) groups is 1. The Bertz CT molecular complexity index is 1040. The molecule has 0 saturated carbocycles. The van der Waals surface area contributed by atoms with Gasteiger partial charge in [-0.05, 0) is 48.0 Å². The number of hydrogen-bond acceptors (Lipinski definition) is 1. The molecule has 0 bridgehead atoms. The summed E-state index contributed by atoms with van der Waals surface area (Å²) in [5.41, 5.74) is 2.77. The lowest BCUT2D eigenvalue weighted by atomic mass is 10.1. The maximum absolute atomic E-state index is 13.3. The van der Waals surface area contributed by atoms with Crippen LogP contribution in [0, 0.1) is 23.5 Å². The van der Waals surface area contributed by atoms with Gasteiger partial charge >= 0.3 is 6.03 Å². The van der Waals surface area contributed by atoms with Gasteiger partial charge in [0.2, 0.25) is 0 Å². The second-order valence-electron chi connectivity index (χ2n) is 6.23. The van der Waals surface area contributed by atoms with Crippen LogP contribution in [-0.2, 0) is 6.54 Å². The van der Waals surface area contributed by atoms with E-state index in [4.69, 9.17) is 0 Å². The molecule has 0 aliphatic heterocycles. The molecular weight excluding hydrogens is 358 g/mol. The summed E-state index contributed by atoms with van der Waals surface area (Å²) >= 11 is 0. The molecule has 2 amide bonds. The van der Waals surface area contributed by atoms with Gasteiger partial charge in [0.15, 0.2) is 11.6 Å². The standard InChI is InChI=1S/C23H18F2N2O/c1-27(16-19-12-13-21(24)22(25)15-19)23(28)26-20-9-5-8-18(14-20)11-10-17-6-3-2-4-7-17/h2-9,12-15H,16H2,1H3,(H,26,28). The number of carbonyl (C=O) groups excluding carboxylic acids is 1. The predicted octanol–water partition coefficient (Wildman–Crippen LogP) is 5.03. The lowest BCUT2D eigenvalue weighted by Gasteiger charge is -2.18. The monoisotopic (exact) mass is 376 g/mol. The van der Waals surface area contributed by atoms with Gasteiger partial charge in [-0.3, -0.25) is 0 Å². The van der Waals surface area contributed by atoms with Crippen molar-refractivity contribution in [1.82, 2.24) is 4.90 Å². The van der Waals surface area contributed by atoms with Crippen LogP contribution in [0.3, 0.4) is 0 Å². The first-order valence-electron chi connectivity index (χ1n) is 8.64. The second kappa shape index (κ2) is 8.83. The third kappa shape index (κ3) is 5.18. The van der Waals surface area contributed by atoms with Crippen molar-refractivity contribution < 1.29 is 13.6 Å². The first-order chi connectivity index (χ1) is 13.5. The minimum atomic E-state index is -0.934. The number of nitrogens with one attached hydrogen (secondary N) is 1. The Morgan fingerprint density at radius 1 is 0.893 bits per heavy atom.